The Hall–Kier alpha value is -2.68. The van der Waals surface area contributed by atoms with Gasteiger partial charge in [-0.1, -0.05) is 0 Å². The van der Waals surface area contributed by atoms with Crippen LogP contribution in [-0.2, 0) is 13.1 Å². The Morgan fingerprint density at radius 3 is 2.31 bits per heavy atom. The van der Waals surface area contributed by atoms with Crippen LogP contribution in [0.2, 0.25) is 0 Å². The van der Waals surface area contributed by atoms with E-state index in [1.807, 2.05) is 19.9 Å². The fourth-order valence-corrected chi connectivity index (χ4v) is 3.66. The second-order valence-corrected chi connectivity index (χ2v) is 7.15. The van der Waals surface area contributed by atoms with Crippen LogP contribution in [-0.4, -0.2) is 63.3 Å². The van der Waals surface area contributed by atoms with E-state index in [-0.39, 0.29) is 11.2 Å². The first-order chi connectivity index (χ1) is 14.1. The third-order valence-corrected chi connectivity index (χ3v) is 5.33. The average molecular weight is 402 g/mol. The summed E-state index contributed by atoms with van der Waals surface area (Å²) < 4.78 is 2.88. The average Bonchev–Trinajstić information content (AvgIpc) is 2.75. The molecule has 0 atom stereocenters. The zero-order chi connectivity index (χ0) is 20.6. The van der Waals surface area contributed by atoms with E-state index in [9.17, 15) is 9.59 Å². The van der Waals surface area contributed by atoms with Crippen molar-refractivity contribution in [2.24, 2.45) is 0 Å². The smallest absolute Gasteiger partial charge is 0.332 e. The zero-order valence-electron chi connectivity index (χ0n) is 17.4. The first-order valence-electron chi connectivity index (χ1n) is 10.5. The van der Waals surface area contributed by atoms with E-state index in [2.05, 4.69) is 25.1 Å². The van der Waals surface area contributed by atoms with Gasteiger partial charge in [0.2, 0.25) is 5.95 Å². The second kappa shape index (κ2) is 10.2. The van der Waals surface area contributed by atoms with Crippen molar-refractivity contribution in [3.05, 3.63) is 45.4 Å². The third-order valence-electron chi connectivity index (χ3n) is 5.33. The molecule has 0 aliphatic carbocycles. The molecule has 0 amide bonds. The Kier molecular flexibility index (Phi) is 7.40. The summed E-state index contributed by atoms with van der Waals surface area (Å²) in [6.45, 7) is 10.3. The normalized spacial score (nSPS) is 14.9. The molecule has 3 heterocycles. The van der Waals surface area contributed by atoms with E-state index in [0.29, 0.717) is 18.9 Å². The molecule has 0 spiro atoms. The number of nitrogens with zero attached hydrogens (tertiary/aromatic N) is 6. The van der Waals surface area contributed by atoms with Gasteiger partial charge >= 0.3 is 5.69 Å². The predicted octanol–water partition coefficient (Wildman–Crippen LogP) is 0.854. The summed E-state index contributed by atoms with van der Waals surface area (Å²) in [6.07, 6.45) is 5.61. The molecule has 9 heteroatoms. The highest BCUT2D eigenvalue weighted by Gasteiger charge is 2.18. The molecule has 0 saturated carbocycles. The standard InChI is InChI=1S/C20H31N7O2/c1-3-26-17(16-18(28)27(4-2)20(26)29)21-8-5-6-11-24-12-14-25(15-13-24)19-22-9-7-10-23-19/h7,9-10,16,21H,3-6,8,11-15H2,1-2H3. The summed E-state index contributed by atoms with van der Waals surface area (Å²) in [5.74, 6) is 1.42. The highest BCUT2D eigenvalue weighted by atomic mass is 16.2. The minimum Gasteiger partial charge on any atom is -0.371 e. The van der Waals surface area contributed by atoms with Crippen LogP contribution in [0.1, 0.15) is 26.7 Å². The van der Waals surface area contributed by atoms with E-state index in [0.717, 1.165) is 58.1 Å². The molecule has 0 aromatic carbocycles. The van der Waals surface area contributed by atoms with Gasteiger partial charge in [0.05, 0.1) is 0 Å². The highest BCUT2D eigenvalue weighted by Crippen LogP contribution is 2.10. The zero-order valence-corrected chi connectivity index (χ0v) is 17.4. The van der Waals surface area contributed by atoms with Crippen molar-refractivity contribution in [2.45, 2.75) is 39.8 Å². The molecule has 1 fully saturated rings. The summed E-state index contributed by atoms with van der Waals surface area (Å²) in [5, 5.41) is 3.27. The van der Waals surface area contributed by atoms with Crippen molar-refractivity contribution in [2.75, 3.05) is 49.5 Å². The molecule has 0 bridgehead atoms. The van der Waals surface area contributed by atoms with Gasteiger partial charge in [-0.05, 0) is 39.3 Å². The number of unbranched alkanes of at least 4 members (excludes halogenated alkanes) is 1. The molecule has 29 heavy (non-hydrogen) atoms. The highest BCUT2D eigenvalue weighted by molar-refractivity contribution is 5.34. The molecule has 1 saturated heterocycles. The van der Waals surface area contributed by atoms with Gasteiger partial charge in [-0.25, -0.2) is 14.8 Å². The van der Waals surface area contributed by atoms with Crippen molar-refractivity contribution < 1.29 is 0 Å². The molecule has 158 valence electrons. The summed E-state index contributed by atoms with van der Waals surface area (Å²) in [7, 11) is 0. The van der Waals surface area contributed by atoms with Gasteiger partial charge in [0.25, 0.3) is 5.56 Å². The lowest BCUT2D eigenvalue weighted by Crippen LogP contribution is -2.47. The Morgan fingerprint density at radius 2 is 1.66 bits per heavy atom. The first kappa shape index (κ1) is 21.0. The van der Waals surface area contributed by atoms with Crippen molar-refractivity contribution in [3.8, 4) is 0 Å². The molecule has 0 radical (unpaired) electrons. The molecule has 1 aliphatic rings. The summed E-state index contributed by atoms with van der Waals surface area (Å²) in [4.78, 5) is 37.8. The van der Waals surface area contributed by atoms with Crippen LogP contribution in [0.4, 0.5) is 11.8 Å². The van der Waals surface area contributed by atoms with Crippen LogP contribution >= 0.6 is 0 Å². The minimum atomic E-state index is -0.245. The molecule has 3 rings (SSSR count). The molecule has 0 unspecified atom stereocenters. The number of aromatic nitrogens is 4. The van der Waals surface area contributed by atoms with E-state index in [1.165, 1.54) is 10.6 Å². The van der Waals surface area contributed by atoms with Crippen LogP contribution in [0.15, 0.2) is 34.1 Å². The van der Waals surface area contributed by atoms with Gasteiger partial charge < -0.3 is 10.2 Å². The summed E-state index contributed by atoms with van der Waals surface area (Å²) in [5.41, 5.74) is -0.491. The maximum absolute atomic E-state index is 12.4. The first-order valence-corrected chi connectivity index (χ1v) is 10.5. The van der Waals surface area contributed by atoms with Crippen LogP contribution < -0.4 is 21.5 Å². The van der Waals surface area contributed by atoms with Gasteiger partial charge in [-0.3, -0.25) is 18.8 Å². The monoisotopic (exact) mass is 401 g/mol. The maximum Gasteiger partial charge on any atom is 0.332 e. The van der Waals surface area contributed by atoms with Gasteiger partial charge in [-0.15, -0.1) is 0 Å². The fraction of sp³-hybridized carbons (Fsp3) is 0.600. The lowest BCUT2D eigenvalue weighted by atomic mass is 10.2. The second-order valence-electron chi connectivity index (χ2n) is 7.15. The van der Waals surface area contributed by atoms with Crippen molar-refractivity contribution in [1.29, 1.82) is 0 Å². The third kappa shape index (κ3) is 5.23. The van der Waals surface area contributed by atoms with E-state index >= 15 is 0 Å². The summed E-state index contributed by atoms with van der Waals surface area (Å²) in [6, 6.07) is 3.36. The molecule has 1 aliphatic heterocycles. The number of rotatable bonds is 9. The topological polar surface area (TPSA) is 88.3 Å². The Morgan fingerprint density at radius 1 is 0.966 bits per heavy atom. The molecular weight excluding hydrogens is 370 g/mol. The molecule has 2 aromatic heterocycles. The SMILES string of the molecule is CCn1c(NCCCCN2CCN(c3ncccn3)CC2)cc(=O)n(CC)c1=O. The number of hydrogen-bond acceptors (Lipinski definition) is 7. The minimum absolute atomic E-state index is 0.245. The van der Waals surface area contributed by atoms with Gasteiger partial charge in [-0.2, -0.15) is 0 Å². The number of piperazine rings is 1. The van der Waals surface area contributed by atoms with Crippen LogP contribution in [0.5, 0.6) is 0 Å². The number of hydrogen-bond donors (Lipinski definition) is 1. The van der Waals surface area contributed by atoms with Crippen LogP contribution in [0, 0.1) is 0 Å². The predicted molar refractivity (Wildman–Crippen MR) is 115 cm³/mol. The van der Waals surface area contributed by atoms with Crippen molar-refractivity contribution >= 4 is 11.8 Å². The maximum atomic E-state index is 12.4. The number of anilines is 2. The lowest BCUT2D eigenvalue weighted by Gasteiger charge is -2.34. The van der Waals surface area contributed by atoms with Crippen molar-refractivity contribution in [1.82, 2.24) is 24.0 Å². The summed E-state index contributed by atoms with van der Waals surface area (Å²) >= 11 is 0. The molecule has 9 nitrogen and oxygen atoms in total. The number of nitrogens with one attached hydrogen (secondary N) is 1. The molecule has 2 aromatic rings. The Balaban J connectivity index is 1.41. The van der Waals surface area contributed by atoms with Gasteiger partial charge in [0.15, 0.2) is 0 Å². The van der Waals surface area contributed by atoms with Crippen molar-refractivity contribution in [3.63, 3.8) is 0 Å². The van der Waals surface area contributed by atoms with Crippen LogP contribution in [0.25, 0.3) is 0 Å². The van der Waals surface area contributed by atoms with Gasteiger partial charge in [0, 0.05) is 64.3 Å². The van der Waals surface area contributed by atoms with E-state index in [1.54, 1.807) is 17.0 Å². The van der Waals surface area contributed by atoms with Crippen LogP contribution in [0.3, 0.4) is 0 Å². The fourth-order valence-electron chi connectivity index (χ4n) is 3.66. The molecular formula is C20H31N7O2. The van der Waals surface area contributed by atoms with E-state index in [4.69, 9.17) is 0 Å². The Bertz CT molecular complexity index is 886. The molecule has 1 N–H and O–H groups in total. The quantitative estimate of drug-likeness (QED) is 0.623. The largest absolute Gasteiger partial charge is 0.371 e. The Labute approximate surface area is 171 Å². The lowest BCUT2D eigenvalue weighted by molar-refractivity contribution is 0.252. The van der Waals surface area contributed by atoms with Gasteiger partial charge in [0.1, 0.15) is 5.82 Å². The van der Waals surface area contributed by atoms with E-state index < -0.39 is 0 Å².